The third-order valence-electron chi connectivity index (χ3n) is 9.05. The molecular weight excluding hydrogens is 536 g/mol. The van der Waals surface area contributed by atoms with Gasteiger partial charge in [-0.25, -0.2) is 13.1 Å². The van der Waals surface area contributed by atoms with Crippen LogP contribution < -0.4 is 14.4 Å². The van der Waals surface area contributed by atoms with Gasteiger partial charge in [-0.1, -0.05) is 29.8 Å². The Hall–Kier alpha value is -2.55. The van der Waals surface area contributed by atoms with Crippen molar-refractivity contribution in [3.8, 4) is 5.75 Å². The number of hydrogen-bond acceptors (Lipinski definition) is 6. The van der Waals surface area contributed by atoms with Crippen LogP contribution in [0.4, 0.5) is 5.69 Å². The Morgan fingerprint density at radius 3 is 2.85 bits per heavy atom. The smallest absolute Gasteiger partial charge is 0.264 e. The number of carbonyl (C=O) groups is 1. The fourth-order valence-electron chi connectivity index (χ4n) is 6.89. The SMILES string of the molecule is CO[C@@H]1/C=C\CCS(=O)(=O)NC(=O)c2ccc3c(c2)N(C[C@@H]2CC[C@H]21)C[C@@]1(CCCc2cc(Cl)ccc21)CO3. The van der Waals surface area contributed by atoms with Gasteiger partial charge in [0.05, 0.1) is 24.2 Å². The van der Waals surface area contributed by atoms with Crippen molar-refractivity contribution in [2.75, 3.05) is 37.5 Å². The Labute approximate surface area is 235 Å². The van der Waals surface area contributed by atoms with Gasteiger partial charge >= 0.3 is 0 Å². The molecule has 9 heteroatoms. The lowest BCUT2D eigenvalue weighted by Gasteiger charge is -2.46. The Kier molecular flexibility index (Phi) is 7.14. The summed E-state index contributed by atoms with van der Waals surface area (Å²) in [5.41, 5.74) is 3.49. The molecule has 1 N–H and O–H groups in total. The number of halogens is 1. The zero-order chi connectivity index (χ0) is 27.2. The Morgan fingerprint density at radius 2 is 2.05 bits per heavy atom. The van der Waals surface area contributed by atoms with Crippen molar-refractivity contribution in [2.45, 2.75) is 50.0 Å². The number of amides is 1. The van der Waals surface area contributed by atoms with Gasteiger partial charge in [0.1, 0.15) is 5.75 Å². The third-order valence-corrected chi connectivity index (χ3v) is 10.6. The summed E-state index contributed by atoms with van der Waals surface area (Å²) >= 11 is 6.38. The highest BCUT2D eigenvalue weighted by Crippen LogP contribution is 2.47. The summed E-state index contributed by atoms with van der Waals surface area (Å²) in [7, 11) is -2.07. The molecule has 2 aromatic rings. The molecule has 4 aliphatic rings. The fraction of sp³-hybridized carbons (Fsp3) is 0.500. The molecule has 1 amide bonds. The predicted molar refractivity (Wildman–Crippen MR) is 152 cm³/mol. The Balaban J connectivity index is 1.43. The zero-order valence-electron chi connectivity index (χ0n) is 22.2. The number of allylic oxidation sites excluding steroid dienone is 1. The first kappa shape index (κ1) is 26.7. The van der Waals surface area contributed by atoms with E-state index in [0.717, 1.165) is 61.7 Å². The minimum Gasteiger partial charge on any atom is -0.490 e. The monoisotopic (exact) mass is 570 g/mol. The van der Waals surface area contributed by atoms with Gasteiger partial charge in [0.25, 0.3) is 5.91 Å². The van der Waals surface area contributed by atoms with E-state index in [1.165, 1.54) is 11.1 Å². The number of methoxy groups -OCH3 is 1. The van der Waals surface area contributed by atoms with Crippen molar-refractivity contribution in [3.05, 3.63) is 70.3 Å². The van der Waals surface area contributed by atoms with Crippen LogP contribution in [0.1, 0.15) is 53.6 Å². The number of sulfonamides is 1. The van der Waals surface area contributed by atoms with Gasteiger partial charge in [-0.2, -0.15) is 0 Å². The summed E-state index contributed by atoms with van der Waals surface area (Å²) in [6, 6.07) is 11.5. The molecule has 2 bridgehead atoms. The van der Waals surface area contributed by atoms with E-state index in [1.807, 2.05) is 24.3 Å². The van der Waals surface area contributed by atoms with Crippen molar-refractivity contribution in [2.24, 2.45) is 11.8 Å². The quantitative estimate of drug-likeness (QED) is 0.492. The molecule has 2 aliphatic heterocycles. The van der Waals surface area contributed by atoms with Gasteiger partial charge < -0.3 is 14.4 Å². The molecule has 6 rings (SSSR count). The van der Waals surface area contributed by atoms with Gasteiger partial charge in [-0.15, -0.1) is 0 Å². The molecule has 0 saturated heterocycles. The van der Waals surface area contributed by atoms with E-state index < -0.39 is 15.9 Å². The van der Waals surface area contributed by atoms with Crippen LogP contribution in [0, 0.1) is 11.8 Å². The number of rotatable bonds is 1. The molecule has 7 nitrogen and oxygen atoms in total. The average Bonchev–Trinajstić information content (AvgIpc) is 3.04. The van der Waals surface area contributed by atoms with Crippen LogP contribution in [-0.2, 0) is 26.6 Å². The van der Waals surface area contributed by atoms with Gasteiger partial charge in [0, 0.05) is 36.2 Å². The first-order valence-corrected chi connectivity index (χ1v) is 15.8. The first-order valence-electron chi connectivity index (χ1n) is 13.8. The Bertz CT molecular complexity index is 1410. The van der Waals surface area contributed by atoms with E-state index in [2.05, 4.69) is 21.8 Å². The zero-order valence-corrected chi connectivity index (χ0v) is 23.8. The normalized spacial score (nSPS) is 30.8. The van der Waals surface area contributed by atoms with Crippen LogP contribution in [-0.4, -0.2) is 53.0 Å². The van der Waals surface area contributed by atoms with Gasteiger partial charge in [-0.3, -0.25) is 4.79 Å². The molecule has 0 unspecified atom stereocenters. The van der Waals surface area contributed by atoms with Crippen LogP contribution in [0.3, 0.4) is 0 Å². The molecule has 4 atom stereocenters. The van der Waals surface area contributed by atoms with Crippen molar-refractivity contribution < 1.29 is 22.7 Å². The maximum atomic E-state index is 13.1. The first-order chi connectivity index (χ1) is 18.8. The molecule has 208 valence electrons. The van der Waals surface area contributed by atoms with E-state index in [-0.39, 0.29) is 17.3 Å². The maximum absolute atomic E-state index is 13.1. The van der Waals surface area contributed by atoms with E-state index >= 15 is 0 Å². The topological polar surface area (TPSA) is 84.9 Å². The number of benzene rings is 2. The van der Waals surface area contributed by atoms with Crippen molar-refractivity contribution in [3.63, 3.8) is 0 Å². The highest BCUT2D eigenvalue weighted by atomic mass is 35.5. The third kappa shape index (κ3) is 5.19. The number of anilines is 1. The molecule has 39 heavy (non-hydrogen) atoms. The number of aryl methyl sites for hydroxylation is 1. The van der Waals surface area contributed by atoms with Crippen molar-refractivity contribution >= 4 is 33.2 Å². The lowest BCUT2D eigenvalue weighted by Crippen LogP contribution is -2.49. The van der Waals surface area contributed by atoms with Crippen molar-refractivity contribution in [1.29, 1.82) is 0 Å². The molecule has 1 spiro atoms. The maximum Gasteiger partial charge on any atom is 0.264 e. The second kappa shape index (κ2) is 10.5. The molecule has 0 radical (unpaired) electrons. The molecule has 1 fully saturated rings. The van der Waals surface area contributed by atoms with Crippen LogP contribution in [0.2, 0.25) is 5.02 Å². The van der Waals surface area contributed by atoms with E-state index in [0.29, 0.717) is 30.4 Å². The minimum atomic E-state index is -3.78. The predicted octanol–water partition coefficient (Wildman–Crippen LogP) is 4.87. The molecule has 2 aliphatic carbocycles. The highest BCUT2D eigenvalue weighted by Gasteiger charge is 2.44. The summed E-state index contributed by atoms with van der Waals surface area (Å²) in [5.74, 6) is 0.686. The van der Waals surface area contributed by atoms with Gasteiger partial charge in [0.15, 0.2) is 0 Å². The lowest BCUT2D eigenvalue weighted by molar-refractivity contribution is 0.0132. The Morgan fingerprint density at radius 1 is 1.18 bits per heavy atom. The van der Waals surface area contributed by atoms with E-state index in [9.17, 15) is 13.2 Å². The summed E-state index contributed by atoms with van der Waals surface area (Å²) in [6.45, 7) is 2.08. The van der Waals surface area contributed by atoms with E-state index in [1.54, 1.807) is 19.2 Å². The summed E-state index contributed by atoms with van der Waals surface area (Å²) in [6.07, 6.45) is 9.30. The number of nitrogens with one attached hydrogen (secondary N) is 1. The minimum absolute atomic E-state index is 0.0771. The number of hydrogen-bond donors (Lipinski definition) is 1. The van der Waals surface area contributed by atoms with E-state index in [4.69, 9.17) is 21.1 Å². The second-order valence-electron chi connectivity index (χ2n) is 11.5. The van der Waals surface area contributed by atoms with Crippen LogP contribution in [0.15, 0.2) is 48.6 Å². The van der Waals surface area contributed by atoms with Crippen molar-refractivity contribution in [1.82, 2.24) is 4.72 Å². The number of nitrogens with zero attached hydrogens (tertiary/aromatic N) is 1. The molecule has 0 aromatic heterocycles. The highest BCUT2D eigenvalue weighted by molar-refractivity contribution is 7.90. The average molecular weight is 571 g/mol. The van der Waals surface area contributed by atoms with Crippen LogP contribution in [0.25, 0.3) is 0 Å². The summed E-state index contributed by atoms with van der Waals surface area (Å²) in [4.78, 5) is 15.4. The number of carbonyl (C=O) groups excluding carboxylic acids is 1. The lowest BCUT2D eigenvalue weighted by atomic mass is 9.68. The summed E-state index contributed by atoms with van der Waals surface area (Å²) in [5, 5.41) is 0.749. The molecule has 2 aromatic carbocycles. The molecular formula is C30H35ClN2O5S. The fourth-order valence-corrected chi connectivity index (χ4v) is 8.04. The largest absolute Gasteiger partial charge is 0.490 e. The standard InChI is InChI=1S/C30H35ClN2O5S/c1-37-27-6-2-3-14-39(35,36)32-29(34)21-8-12-28-26(16-21)33(17-22-7-10-24(22)27)18-30(19-38-28)13-4-5-20-15-23(31)9-11-25(20)30/h2,6,8-9,11-12,15-16,22,24,27H,3-5,7,10,13-14,17-19H2,1H3,(H,32,34)/b6-2-/t22-,24+,27+,30-/m0/s1. The second-order valence-corrected chi connectivity index (χ2v) is 13.7. The number of fused-ring (bicyclic) bond motifs is 4. The van der Waals surface area contributed by atoms with Gasteiger partial charge in [-0.05, 0) is 91.8 Å². The van der Waals surface area contributed by atoms with Crippen LogP contribution in [0.5, 0.6) is 5.75 Å². The van der Waals surface area contributed by atoms with Crippen LogP contribution >= 0.6 is 11.6 Å². The molecule has 2 heterocycles. The number of ether oxygens (including phenoxy) is 2. The van der Waals surface area contributed by atoms with Gasteiger partial charge in [0.2, 0.25) is 10.0 Å². The molecule has 1 saturated carbocycles. The summed E-state index contributed by atoms with van der Waals surface area (Å²) < 4.78 is 39.9.